The minimum Gasteiger partial charge on any atom is -0.311 e. The fraction of sp³-hybridized carbons (Fsp3) is 0.368. The Morgan fingerprint density at radius 2 is 1.33 bits per heavy atom. The monoisotopic (exact) mass is 280 g/mol. The third kappa shape index (κ3) is 3.17. The number of likely N-dealkylation sites (tertiary alicyclic amines) is 1. The fourth-order valence-electron chi connectivity index (χ4n) is 3.45. The van der Waals surface area contributed by atoms with Gasteiger partial charge in [-0.2, -0.15) is 0 Å². The van der Waals surface area contributed by atoms with Gasteiger partial charge in [0.15, 0.2) is 0 Å². The first-order chi connectivity index (χ1) is 10.4. The van der Waals surface area contributed by atoms with Crippen LogP contribution in [0.2, 0.25) is 0 Å². The predicted molar refractivity (Wildman–Crippen MR) is 88.2 cm³/mol. The van der Waals surface area contributed by atoms with Crippen molar-refractivity contribution in [3.8, 4) is 0 Å². The van der Waals surface area contributed by atoms with Crippen molar-refractivity contribution in [2.75, 3.05) is 20.1 Å². The number of hydrogen-bond donors (Lipinski definition) is 1. The minimum absolute atomic E-state index is 0.326. The summed E-state index contributed by atoms with van der Waals surface area (Å²) in [6.45, 7) is 2.40. The molecule has 21 heavy (non-hydrogen) atoms. The molecule has 1 aliphatic heterocycles. The summed E-state index contributed by atoms with van der Waals surface area (Å²) < 4.78 is 0. The molecule has 2 unspecified atom stereocenters. The zero-order valence-electron chi connectivity index (χ0n) is 12.7. The topological polar surface area (TPSA) is 15.3 Å². The molecule has 0 aliphatic carbocycles. The first-order valence-corrected chi connectivity index (χ1v) is 7.91. The summed E-state index contributed by atoms with van der Waals surface area (Å²) in [5.74, 6) is 0. The predicted octanol–water partition coefficient (Wildman–Crippen LogP) is 3.78. The first-order valence-electron chi connectivity index (χ1n) is 7.91. The van der Waals surface area contributed by atoms with Crippen LogP contribution in [0.5, 0.6) is 0 Å². The SMILES string of the molecule is CNC(c1ccccc1)C(c1ccccc1)N1CCCC1. The Labute approximate surface area is 127 Å². The molecule has 0 saturated carbocycles. The number of likely N-dealkylation sites (N-methyl/N-ethyl adjacent to an activating group) is 1. The van der Waals surface area contributed by atoms with Gasteiger partial charge in [0, 0.05) is 0 Å². The second-order valence-corrected chi connectivity index (χ2v) is 5.78. The van der Waals surface area contributed by atoms with Gasteiger partial charge in [0.25, 0.3) is 0 Å². The van der Waals surface area contributed by atoms with Gasteiger partial charge in [-0.05, 0) is 44.1 Å². The second-order valence-electron chi connectivity index (χ2n) is 5.78. The zero-order chi connectivity index (χ0) is 14.5. The normalized spacial score (nSPS) is 18.5. The average Bonchev–Trinajstić information content (AvgIpc) is 3.08. The molecule has 2 aromatic rings. The molecule has 1 N–H and O–H groups in total. The van der Waals surface area contributed by atoms with Crippen LogP contribution in [0.4, 0.5) is 0 Å². The van der Waals surface area contributed by atoms with Crippen LogP contribution in [0, 0.1) is 0 Å². The van der Waals surface area contributed by atoms with Crippen LogP contribution in [-0.4, -0.2) is 25.0 Å². The molecule has 2 atom stereocenters. The van der Waals surface area contributed by atoms with Crippen molar-refractivity contribution in [2.24, 2.45) is 0 Å². The molecule has 0 amide bonds. The molecule has 2 aromatic carbocycles. The van der Waals surface area contributed by atoms with Crippen LogP contribution in [0.1, 0.15) is 36.1 Å². The van der Waals surface area contributed by atoms with Crippen LogP contribution in [0.3, 0.4) is 0 Å². The molecule has 2 heteroatoms. The van der Waals surface area contributed by atoms with Gasteiger partial charge < -0.3 is 5.32 Å². The maximum Gasteiger partial charge on any atom is 0.0543 e. The highest BCUT2D eigenvalue weighted by atomic mass is 15.2. The minimum atomic E-state index is 0.326. The van der Waals surface area contributed by atoms with Gasteiger partial charge in [-0.15, -0.1) is 0 Å². The van der Waals surface area contributed by atoms with E-state index in [0.717, 1.165) is 0 Å². The number of nitrogens with zero attached hydrogens (tertiary/aromatic N) is 1. The molecule has 0 radical (unpaired) electrons. The van der Waals surface area contributed by atoms with E-state index in [4.69, 9.17) is 0 Å². The van der Waals surface area contributed by atoms with Crippen molar-refractivity contribution in [2.45, 2.75) is 24.9 Å². The lowest BCUT2D eigenvalue weighted by molar-refractivity contribution is 0.197. The Kier molecular flexibility index (Phi) is 4.69. The van der Waals surface area contributed by atoms with E-state index in [1.807, 2.05) is 0 Å². The highest BCUT2D eigenvalue weighted by Crippen LogP contribution is 2.35. The van der Waals surface area contributed by atoms with Crippen LogP contribution < -0.4 is 5.32 Å². The maximum atomic E-state index is 3.55. The Morgan fingerprint density at radius 1 is 0.810 bits per heavy atom. The summed E-state index contributed by atoms with van der Waals surface area (Å²) in [6.07, 6.45) is 2.63. The van der Waals surface area contributed by atoms with Gasteiger partial charge in [-0.3, -0.25) is 4.90 Å². The highest BCUT2D eigenvalue weighted by Gasteiger charge is 2.30. The number of hydrogen-bond acceptors (Lipinski definition) is 2. The maximum absolute atomic E-state index is 3.55. The van der Waals surface area contributed by atoms with Crippen molar-refractivity contribution in [3.63, 3.8) is 0 Å². The summed E-state index contributed by atoms with van der Waals surface area (Å²) >= 11 is 0. The first kappa shape index (κ1) is 14.3. The summed E-state index contributed by atoms with van der Waals surface area (Å²) in [7, 11) is 2.07. The molecule has 1 heterocycles. The summed E-state index contributed by atoms with van der Waals surface area (Å²) in [5.41, 5.74) is 2.77. The van der Waals surface area contributed by atoms with Crippen molar-refractivity contribution in [1.82, 2.24) is 10.2 Å². The van der Waals surface area contributed by atoms with Crippen LogP contribution >= 0.6 is 0 Å². The lowest BCUT2D eigenvalue weighted by Crippen LogP contribution is -2.36. The highest BCUT2D eigenvalue weighted by molar-refractivity contribution is 5.28. The molecule has 1 fully saturated rings. The summed E-state index contributed by atoms with van der Waals surface area (Å²) in [4.78, 5) is 2.63. The van der Waals surface area contributed by atoms with E-state index in [2.05, 4.69) is 77.9 Å². The summed E-state index contributed by atoms with van der Waals surface area (Å²) in [5, 5.41) is 3.55. The molecule has 0 bridgehead atoms. The lowest BCUT2D eigenvalue weighted by atomic mass is 9.92. The molecule has 1 saturated heterocycles. The number of benzene rings is 2. The van der Waals surface area contributed by atoms with Crippen molar-refractivity contribution in [1.29, 1.82) is 0 Å². The van der Waals surface area contributed by atoms with Gasteiger partial charge in [-0.25, -0.2) is 0 Å². The van der Waals surface area contributed by atoms with Crippen LogP contribution in [-0.2, 0) is 0 Å². The van der Waals surface area contributed by atoms with Gasteiger partial charge in [-0.1, -0.05) is 60.7 Å². The van der Waals surface area contributed by atoms with E-state index < -0.39 is 0 Å². The van der Waals surface area contributed by atoms with Gasteiger partial charge >= 0.3 is 0 Å². The molecule has 2 nitrogen and oxygen atoms in total. The van der Waals surface area contributed by atoms with Crippen molar-refractivity contribution >= 4 is 0 Å². The summed E-state index contributed by atoms with van der Waals surface area (Å²) in [6, 6.07) is 22.5. The Balaban J connectivity index is 1.97. The third-order valence-corrected chi connectivity index (χ3v) is 4.46. The van der Waals surface area contributed by atoms with E-state index in [1.54, 1.807) is 0 Å². The smallest absolute Gasteiger partial charge is 0.0543 e. The van der Waals surface area contributed by atoms with Crippen LogP contribution in [0.25, 0.3) is 0 Å². The lowest BCUT2D eigenvalue weighted by Gasteiger charge is -2.35. The van der Waals surface area contributed by atoms with Crippen molar-refractivity contribution in [3.05, 3.63) is 71.8 Å². The molecule has 0 spiro atoms. The van der Waals surface area contributed by atoms with Crippen molar-refractivity contribution < 1.29 is 0 Å². The number of rotatable bonds is 5. The van der Waals surface area contributed by atoms with E-state index in [0.29, 0.717) is 12.1 Å². The molecule has 3 rings (SSSR count). The Hall–Kier alpha value is -1.64. The number of nitrogens with one attached hydrogen (secondary N) is 1. The molecular weight excluding hydrogens is 256 g/mol. The third-order valence-electron chi connectivity index (χ3n) is 4.46. The fourth-order valence-corrected chi connectivity index (χ4v) is 3.45. The molecular formula is C19H24N2. The largest absolute Gasteiger partial charge is 0.311 e. The average molecular weight is 280 g/mol. The van der Waals surface area contributed by atoms with Gasteiger partial charge in [0.2, 0.25) is 0 Å². The van der Waals surface area contributed by atoms with E-state index in [1.165, 1.54) is 37.1 Å². The zero-order valence-corrected chi connectivity index (χ0v) is 12.7. The van der Waals surface area contributed by atoms with E-state index in [-0.39, 0.29) is 0 Å². The Morgan fingerprint density at radius 3 is 1.86 bits per heavy atom. The molecule has 110 valence electrons. The Bertz CT molecular complexity index is 532. The van der Waals surface area contributed by atoms with E-state index in [9.17, 15) is 0 Å². The molecule has 1 aliphatic rings. The molecule has 0 aromatic heterocycles. The quantitative estimate of drug-likeness (QED) is 0.896. The second kappa shape index (κ2) is 6.88. The van der Waals surface area contributed by atoms with Crippen LogP contribution in [0.15, 0.2) is 60.7 Å². The van der Waals surface area contributed by atoms with Gasteiger partial charge in [0.05, 0.1) is 12.1 Å². The van der Waals surface area contributed by atoms with Gasteiger partial charge in [0.1, 0.15) is 0 Å². The van der Waals surface area contributed by atoms with E-state index >= 15 is 0 Å². The standard InChI is InChI=1S/C19H24N2/c1-20-18(16-10-4-2-5-11-16)19(21-14-8-9-15-21)17-12-6-3-7-13-17/h2-7,10-13,18-20H,8-9,14-15H2,1H3.